The van der Waals surface area contributed by atoms with Crippen LogP contribution in [0.5, 0.6) is 0 Å². The fraction of sp³-hybridized carbons (Fsp3) is 0.917. The summed E-state index contributed by atoms with van der Waals surface area (Å²) in [6.45, 7) is 5.76. The van der Waals surface area contributed by atoms with E-state index in [4.69, 9.17) is 11.6 Å². The highest BCUT2D eigenvalue weighted by Crippen LogP contribution is 2.39. The van der Waals surface area contributed by atoms with Gasteiger partial charge in [-0.25, -0.2) is 0 Å². The van der Waals surface area contributed by atoms with E-state index in [0.717, 1.165) is 25.8 Å². The van der Waals surface area contributed by atoms with Gasteiger partial charge in [-0.2, -0.15) is 0 Å². The SMILES string of the molecule is CCCN(CCCl)C(=O)C1(C)CCCC1. The first-order chi connectivity index (χ1) is 7.14. The third kappa shape index (κ3) is 3.10. The standard InChI is InChI=1S/C12H22ClNO/c1-3-9-14(10-8-13)11(15)12(2)6-4-5-7-12/h3-10H2,1-2H3. The average Bonchev–Trinajstić information content (AvgIpc) is 2.65. The Kier molecular flexibility index (Phi) is 4.91. The van der Waals surface area contributed by atoms with Gasteiger partial charge in [-0.3, -0.25) is 4.79 Å². The first kappa shape index (κ1) is 12.8. The molecule has 1 saturated carbocycles. The molecule has 2 nitrogen and oxygen atoms in total. The highest BCUT2D eigenvalue weighted by Gasteiger charge is 2.38. The third-order valence-corrected chi connectivity index (χ3v) is 3.53. The number of nitrogens with zero attached hydrogens (tertiary/aromatic N) is 1. The van der Waals surface area contributed by atoms with Crippen LogP contribution in [-0.2, 0) is 4.79 Å². The second kappa shape index (κ2) is 5.74. The number of halogens is 1. The number of hydrogen-bond donors (Lipinski definition) is 0. The van der Waals surface area contributed by atoms with Crippen molar-refractivity contribution in [2.45, 2.75) is 46.0 Å². The number of alkyl halides is 1. The molecule has 3 heteroatoms. The maximum atomic E-state index is 12.3. The number of carbonyl (C=O) groups excluding carboxylic acids is 1. The van der Waals surface area contributed by atoms with Crippen molar-refractivity contribution >= 4 is 17.5 Å². The molecule has 15 heavy (non-hydrogen) atoms. The average molecular weight is 232 g/mol. The van der Waals surface area contributed by atoms with E-state index in [2.05, 4.69) is 13.8 Å². The van der Waals surface area contributed by atoms with E-state index in [9.17, 15) is 4.79 Å². The lowest BCUT2D eigenvalue weighted by atomic mass is 9.87. The molecule has 88 valence electrons. The molecule has 0 atom stereocenters. The zero-order valence-electron chi connectivity index (χ0n) is 9.89. The maximum Gasteiger partial charge on any atom is 0.228 e. The summed E-state index contributed by atoms with van der Waals surface area (Å²) in [7, 11) is 0. The molecular weight excluding hydrogens is 210 g/mol. The van der Waals surface area contributed by atoms with Crippen molar-refractivity contribution in [1.29, 1.82) is 0 Å². The molecule has 0 aromatic heterocycles. The van der Waals surface area contributed by atoms with Crippen molar-refractivity contribution in [2.75, 3.05) is 19.0 Å². The molecule has 1 aliphatic carbocycles. The Hall–Kier alpha value is -0.240. The van der Waals surface area contributed by atoms with Gasteiger partial charge in [-0.1, -0.05) is 26.7 Å². The normalized spacial score (nSPS) is 19.1. The number of rotatable bonds is 5. The summed E-state index contributed by atoms with van der Waals surface area (Å²) in [6.07, 6.45) is 5.51. The van der Waals surface area contributed by atoms with Crippen LogP contribution in [0.3, 0.4) is 0 Å². The summed E-state index contributed by atoms with van der Waals surface area (Å²) in [5, 5.41) is 0. The highest BCUT2D eigenvalue weighted by atomic mass is 35.5. The molecule has 0 unspecified atom stereocenters. The molecular formula is C12H22ClNO. The fourth-order valence-electron chi connectivity index (χ4n) is 2.44. The monoisotopic (exact) mass is 231 g/mol. The van der Waals surface area contributed by atoms with Crippen molar-refractivity contribution in [2.24, 2.45) is 5.41 Å². The van der Waals surface area contributed by atoms with Crippen LogP contribution in [0.25, 0.3) is 0 Å². The Morgan fingerprint density at radius 2 is 1.93 bits per heavy atom. The number of amides is 1. The van der Waals surface area contributed by atoms with Gasteiger partial charge in [0.2, 0.25) is 5.91 Å². The minimum absolute atomic E-state index is 0.0960. The molecule has 0 heterocycles. The van der Waals surface area contributed by atoms with Crippen molar-refractivity contribution < 1.29 is 4.79 Å². The zero-order chi connectivity index (χ0) is 11.3. The Labute approximate surface area is 98.0 Å². The summed E-state index contributed by atoms with van der Waals surface area (Å²) in [5.74, 6) is 0.865. The molecule has 0 N–H and O–H groups in total. The van der Waals surface area contributed by atoms with Gasteiger partial charge in [0.1, 0.15) is 0 Å². The van der Waals surface area contributed by atoms with Crippen LogP contribution in [0.1, 0.15) is 46.0 Å². The van der Waals surface area contributed by atoms with Crippen LogP contribution in [0.15, 0.2) is 0 Å². The van der Waals surface area contributed by atoms with E-state index in [-0.39, 0.29) is 5.41 Å². The fourth-order valence-corrected chi connectivity index (χ4v) is 2.64. The molecule has 0 radical (unpaired) electrons. The van der Waals surface area contributed by atoms with Crippen molar-refractivity contribution in [3.05, 3.63) is 0 Å². The van der Waals surface area contributed by atoms with E-state index in [1.165, 1.54) is 12.8 Å². The summed E-state index contributed by atoms with van der Waals surface area (Å²) in [5.41, 5.74) is -0.0960. The minimum Gasteiger partial charge on any atom is -0.341 e. The van der Waals surface area contributed by atoms with E-state index in [1.54, 1.807) is 0 Å². The maximum absolute atomic E-state index is 12.3. The Bertz CT molecular complexity index is 206. The van der Waals surface area contributed by atoms with Gasteiger partial charge in [-0.05, 0) is 19.3 Å². The topological polar surface area (TPSA) is 20.3 Å². The number of carbonyl (C=O) groups is 1. The predicted molar refractivity (Wildman–Crippen MR) is 64.2 cm³/mol. The molecule has 0 aliphatic heterocycles. The van der Waals surface area contributed by atoms with Crippen LogP contribution < -0.4 is 0 Å². The molecule has 0 spiro atoms. The number of hydrogen-bond acceptors (Lipinski definition) is 1. The van der Waals surface area contributed by atoms with Crippen LogP contribution in [-0.4, -0.2) is 29.8 Å². The van der Waals surface area contributed by atoms with Crippen LogP contribution in [0.4, 0.5) is 0 Å². The Morgan fingerprint density at radius 1 is 1.33 bits per heavy atom. The van der Waals surface area contributed by atoms with Crippen LogP contribution in [0.2, 0.25) is 0 Å². The molecule has 0 saturated heterocycles. The molecule has 1 rings (SSSR count). The van der Waals surface area contributed by atoms with Gasteiger partial charge in [0.25, 0.3) is 0 Å². The molecule has 0 aromatic rings. The minimum atomic E-state index is -0.0960. The molecule has 0 aromatic carbocycles. The highest BCUT2D eigenvalue weighted by molar-refractivity contribution is 6.18. The van der Waals surface area contributed by atoms with E-state index in [1.807, 2.05) is 4.90 Å². The van der Waals surface area contributed by atoms with Crippen LogP contribution >= 0.6 is 11.6 Å². The summed E-state index contributed by atoms with van der Waals surface area (Å²) < 4.78 is 0. The van der Waals surface area contributed by atoms with Gasteiger partial charge >= 0.3 is 0 Å². The van der Waals surface area contributed by atoms with Gasteiger partial charge in [0.05, 0.1) is 0 Å². The lowest BCUT2D eigenvalue weighted by molar-refractivity contribution is -0.140. The van der Waals surface area contributed by atoms with Crippen LogP contribution in [0, 0.1) is 5.41 Å². The Morgan fingerprint density at radius 3 is 2.40 bits per heavy atom. The zero-order valence-corrected chi connectivity index (χ0v) is 10.6. The summed E-state index contributed by atoms with van der Waals surface area (Å²) >= 11 is 5.73. The molecule has 0 bridgehead atoms. The van der Waals surface area contributed by atoms with Gasteiger partial charge in [-0.15, -0.1) is 11.6 Å². The smallest absolute Gasteiger partial charge is 0.228 e. The third-order valence-electron chi connectivity index (χ3n) is 3.36. The predicted octanol–water partition coefficient (Wildman–Crippen LogP) is 3.04. The largest absolute Gasteiger partial charge is 0.341 e. The van der Waals surface area contributed by atoms with E-state index >= 15 is 0 Å². The molecule has 1 fully saturated rings. The quantitative estimate of drug-likeness (QED) is 0.666. The molecule has 1 amide bonds. The van der Waals surface area contributed by atoms with Gasteiger partial charge < -0.3 is 4.90 Å². The first-order valence-corrected chi connectivity index (χ1v) is 6.53. The second-order valence-electron chi connectivity index (χ2n) is 4.75. The molecule has 1 aliphatic rings. The summed E-state index contributed by atoms with van der Waals surface area (Å²) in [6, 6.07) is 0. The lowest BCUT2D eigenvalue weighted by Gasteiger charge is -2.31. The second-order valence-corrected chi connectivity index (χ2v) is 5.13. The lowest BCUT2D eigenvalue weighted by Crippen LogP contribution is -2.42. The van der Waals surface area contributed by atoms with Gasteiger partial charge in [0.15, 0.2) is 0 Å². The first-order valence-electron chi connectivity index (χ1n) is 5.99. The Balaban J connectivity index is 2.61. The van der Waals surface area contributed by atoms with Crippen molar-refractivity contribution in [1.82, 2.24) is 4.90 Å². The summed E-state index contributed by atoms with van der Waals surface area (Å²) in [4.78, 5) is 14.3. The van der Waals surface area contributed by atoms with Crippen molar-refractivity contribution in [3.8, 4) is 0 Å². The van der Waals surface area contributed by atoms with E-state index in [0.29, 0.717) is 18.3 Å². The van der Waals surface area contributed by atoms with Crippen molar-refractivity contribution in [3.63, 3.8) is 0 Å². The van der Waals surface area contributed by atoms with Gasteiger partial charge in [0, 0.05) is 24.4 Å². The van der Waals surface area contributed by atoms with E-state index < -0.39 is 0 Å².